The van der Waals surface area contributed by atoms with Crippen molar-refractivity contribution in [2.24, 2.45) is 10.9 Å². The Balaban J connectivity index is 0.785. The number of piperidine rings is 1. The van der Waals surface area contributed by atoms with Gasteiger partial charge in [0.15, 0.2) is 22.9 Å². The van der Waals surface area contributed by atoms with Gasteiger partial charge in [0.25, 0.3) is 0 Å². The van der Waals surface area contributed by atoms with E-state index in [0.717, 1.165) is 29.1 Å². The minimum absolute atomic E-state index is 0.00815. The third-order valence-corrected chi connectivity index (χ3v) is 20.9. The number of unbranched alkanes of at least 4 members (excludes halogenated alkanes) is 4. The van der Waals surface area contributed by atoms with Crippen molar-refractivity contribution in [1.29, 1.82) is 0 Å². The van der Waals surface area contributed by atoms with E-state index >= 15 is 0 Å². The maximum atomic E-state index is 14.9. The van der Waals surface area contributed by atoms with E-state index in [4.69, 9.17) is 32.3 Å². The van der Waals surface area contributed by atoms with Crippen molar-refractivity contribution in [1.82, 2.24) is 51.5 Å². The van der Waals surface area contributed by atoms with Gasteiger partial charge in [-0.2, -0.15) is 0 Å². The lowest BCUT2D eigenvalue weighted by Crippen LogP contribution is -2.62. The number of rotatable bonds is 36. The van der Waals surface area contributed by atoms with Crippen LogP contribution >= 0.6 is 12.2 Å². The number of fused-ring (bicyclic) bond motifs is 6. The highest BCUT2D eigenvalue weighted by Crippen LogP contribution is 2.57. The first-order chi connectivity index (χ1) is 53.4. The van der Waals surface area contributed by atoms with Gasteiger partial charge < -0.3 is 108 Å². The number of ether oxygens (including phenoxy) is 2. The number of anilines is 1. The van der Waals surface area contributed by atoms with Crippen molar-refractivity contribution in [3.8, 4) is 23.0 Å². The molecule has 0 radical (unpaired) electrons. The quantitative estimate of drug-likeness (QED) is 0.0130. The summed E-state index contributed by atoms with van der Waals surface area (Å²) >= 11 is 5.63. The van der Waals surface area contributed by atoms with Crippen LogP contribution < -0.4 is 47.7 Å². The molecule has 11 atom stereocenters. The van der Waals surface area contributed by atoms with E-state index in [2.05, 4.69) is 42.4 Å². The van der Waals surface area contributed by atoms with Crippen molar-refractivity contribution < 1.29 is 112 Å². The van der Waals surface area contributed by atoms with Crippen molar-refractivity contribution in [2.75, 3.05) is 38.0 Å². The lowest BCUT2D eigenvalue weighted by molar-refractivity contribution is -0.153. The number of carbonyl (C=O) groups excluding carboxylic acids is 11. The Kier molecular flexibility index (Phi) is 29.2. The number of carboxylic acids is 3. The Hall–Kier alpha value is -11.2. The van der Waals surface area contributed by atoms with Crippen molar-refractivity contribution in [3.63, 3.8) is 0 Å². The number of aliphatic hydroxyl groups is 1. The van der Waals surface area contributed by atoms with E-state index < -0.39 is 188 Å². The predicted octanol–water partition coefficient (Wildman–Crippen LogP) is 1.94. The van der Waals surface area contributed by atoms with Gasteiger partial charge in [0.1, 0.15) is 71.3 Å². The fourth-order valence-corrected chi connectivity index (χ4v) is 15.2. The highest BCUT2D eigenvalue weighted by Gasteiger charge is 2.55. The van der Waals surface area contributed by atoms with Crippen LogP contribution in [0.1, 0.15) is 183 Å². The topological polar surface area (TPSA) is 524 Å². The number of aromatic hydroxyl groups is 2. The number of nitrogens with one attached hydrogen (secondary N) is 7. The monoisotopic (exact) mass is 1580 g/mol. The number of aliphatic carboxylic acids is 3. The number of carbonyl (C=O) groups is 14. The number of hydrogen-bond donors (Lipinski definition) is 14. The first-order valence-corrected chi connectivity index (χ1v) is 38.1. The molecule has 0 bridgehead atoms. The molecule has 15 N–H and O–H groups in total. The summed E-state index contributed by atoms with van der Waals surface area (Å²) in [5.41, 5.74) is 6.03. The maximum Gasteiger partial charge on any atom is 0.340 e. The third kappa shape index (κ3) is 20.7. The van der Waals surface area contributed by atoms with Crippen molar-refractivity contribution >= 4 is 112 Å². The average molecular weight is 1580 g/mol. The van der Waals surface area contributed by atoms with Crippen LogP contribution in [0.5, 0.6) is 23.0 Å². The number of phenols is 2. The summed E-state index contributed by atoms with van der Waals surface area (Å²) < 4.78 is 12.2. The number of likely N-dealkylation sites (tertiary alicyclic amines) is 4. The highest BCUT2D eigenvalue weighted by atomic mass is 32.1. The number of amides is 10. The minimum atomic E-state index is -1.75. The number of hydrogen-bond acceptors (Lipinski definition) is 22. The van der Waals surface area contributed by atoms with Gasteiger partial charge in [-0.25, -0.2) is 4.79 Å². The first-order valence-electron chi connectivity index (χ1n) is 37.7. The Morgan fingerprint density at radius 3 is 1.85 bits per heavy atom. The van der Waals surface area contributed by atoms with E-state index in [9.17, 15) is 97.8 Å². The molecule has 3 aromatic carbocycles. The van der Waals surface area contributed by atoms with Crippen LogP contribution in [0.15, 0.2) is 59.8 Å². The lowest BCUT2D eigenvalue weighted by atomic mass is 9.77. The predicted molar refractivity (Wildman–Crippen MR) is 399 cm³/mol. The van der Waals surface area contributed by atoms with Crippen LogP contribution in [0.4, 0.5) is 5.69 Å². The van der Waals surface area contributed by atoms with Crippen LogP contribution in [0, 0.1) is 0 Å². The Morgan fingerprint density at radius 1 is 0.625 bits per heavy atom. The molecule has 4 fully saturated rings. The molecule has 6 aliphatic heterocycles. The number of aliphatic hydroxyl groups excluding tert-OH is 1. The molecule has 0 aliphatic carbocycles. The Bertz CT molecular complexity index is 4070. The molecular weight excluding hydrogens is 1480 g/mol. The summed E-state index contributed by atoms with van der Waals surface area (Å²) in [6.45, 7) is 4.87. The van der Waals surface area contributed by atoms with Crippen LogP contribution in [0.2, 0.25) is 0 Å². The van der Waals surface area contributed by atoms with Gasteiger partial charge >= 0.3 is 23.9 Å². The molecule has 1 spiro atoms. The summed E-state index contributed by atoms with van der Waals surface area (Å²) in [4.78, 5) is 200. The van der Waals surface area contributed by atoms with Gasteiger partial charge in [0.2, 0.25) is 59.1 Å². The zero-order valence-electron chi connectivity index (χ0n) is 62.4. The number of nitrogens with two attached hydrogens (primary N) is 1. The molecule has 10 amide bonds. The fraction of sp³-hybridized carbons (Fsp3) is 0.547. The normalized spacial score (nSPS) is 20.2. The number of nitrogens with zero attached hydrogens (tertiary/aromatic N) is 5. The summed E-state index contributed by atoms with van der Waals surface area (Å²) in [6, 6.07) is 0.800. The second-order valence-corrected chi connectivity index (χ2v) is 29.1. The molecule has 9 rings (SSSR count). The number of primary amides is 1. The molecule has 3 aromatic rings. The first kappa shape index (κ1) is 84.8. The molecular formula is C75H97N13O23S. The van der Waals surface area contributed by atoms with E-state index in [1.165, 1.54) is 54.1 Å². The molecule has 37 heteroatoms. The second kappa shape index (κ2) is 38.6. The van der Waals surface area contributed by atoms with Crippen molar-refractivity contribution in [3.05, 3.63) is 76.9 Å². The molecule has 606 valence electrons. The van der Waals surface area contributed by atoms with Gasteiger partial charge in [-0.1, -0.05) is 24.9 Å². The van der Waals surface area contributed by atoms with Crippen molar-refractivity contribution in [2.45, 2.75) is 228 Å². The number of esters is 1. The smallest absolute Gasteiger partial charge is 0.340 e. The minimum Gasteiger partial charge on any atom is -0.508 e. The van der Waals surface area contributed by atoms with Gasteiger partial charge in [0, 0.05) is 106 Å². The van der Waals surface area contributed by atoms with E-state index in [1.54, 1.807) is 30.3 Å². The standard InChI is InChI=1S/C75H97N13O23S/c1-4-5-6-9-32-78-111-55-30-36-88(63(55)69(104)82-50(25-28-60(95)96)65(100)81-49(64(76)99)24-27-59(93)94)72(107)54-14-8-11-33-87(54)70(105)40(2)79-68(103)62(41(3)89)84-67(102)53-16-13-35-86(53)71(106)51(26-29-61(97)98)83-66(101)52-15-12-34-85(52)58(92)17-7-10-31-77-74(112)80-42-18-21-45-48(37-42)75(110-73(45)108)46-22-19-43(90)38-56(46)109-57-39-44(91)20-23-47(57)75/h18-23,32,37-41,49-55,62-63,89-91H,4-17,24-31,33-36H2,1-3H3,(H2,76,99)(H,79,103)(H,81,100)(H,82,104)(H,83,101)(H,84,102)(H,93,94)(H,95,96)(H,97,98)(H2,77,80,112)/b78-32-/t40-,41+,49-,50-,51-,52-,53-,54?,55-,62-,63-/m0/s1. The zero-order valence-corrected chi connectivity index (χ0v) is 63.2. The van der Waals surface area contributed by atoms with Crippen LogP contribution in [0.25, 0.3) is 0 Å². The SMILES string of the molecule is CCCCC/C=N\O[C@H]1CCN(C(=O)C2CCCCN2C(=O)[C@H](C)NC(=O)[C@@H](NC(=O)[C@@H]2CCCN2C(=O)[C@H](CCC(=O)O)NC(=O)[C@@H]2CCCN2C(=O)CCCCNC(=S)Nc2ccc3c(c2)C2(OC3=O)c3ccc(O)cc3Oc3cc(O)ccc32)[C@@H](C)O)[C@@H]1C(=O)N[C@@H](CCC(=O)O)C(=O)N[C@@H](CCC(=O)O)C(N)=O. The van der Waals surface area contributed by atoms with Crippen LogP contribution in [-0.4, -0.2) is 244 Å². The number of carboxylic acid groups (broad SMARTS) is 3. The number of benzene rings is 3. The number of oxime groups is 1. The fourth-order valence-electron chi connectivity index (χ4n) is 15.0. The summed E-state index contributed by atoms with van der Waals surface area (Å²) in [5, 5.41) is 83.2. The summed E-state index contributed by atoms with van der Waals surface area (Å²) in [6.07, 6.45) is 1.33. The molecule has 112 heavy (non-hydrogen) atoms. The Labute approximate surface area is 649 Å². The van der Waals surface area contributed by atoms with Gasteiger partial charge in [-0.3, -0.25) is 62.3 Å². The van der Waals surface area contributed by atoms with Gasteiger partial charge in [-0.15, -0.1) is 0 Å². The molecule has 6 aliphatic rings. The molecule has 4 saturated heterocycles. The molecule has 6 heterocycles. The zero-order chi connectivity index (χ0) is 81.3. The summed E-state index contributed by atoms with van der Waals surface area (Å²) in [7, 11) is 0. The number of phenolic OH excluding ortho intramolecular Hbond substituents is 2. The van der Waals surface area contributed by atoms with E-state index in [1.807, 2.05) is 6.92 Å². The van der Waals surface area contributed by atoms with E-state index in [-0.39, 0.29) is 104 Å². The second-order valence-electron chi connectivity index (χ2n) is 28.6. The van der Waals surface area contributed by atoms with E-state index in [0.29, 0.717) is 67.4 Å². The largest absolute Gasteiger partial charge is 0.508 e. The molecule has 36 nitrogen and oxygen atoms in total. The molecule has 0 aromatic heterocycles. The van der Waals surface area contributed by atoms with Gasteiger partial charge in [0.05, 0.1) is 11.7 Å². The average Bonchev–Trinajstić information content (AvgIpc) is 1.43. The third-order valence-electron chi connectivity index (χ3n) is 20.7. The maximum absolute atomic E-state index is 14.9. The summed E-state index contributed by atoms with van der Waals surface area (Å²) in [5.74, 6) is -12.9. The van der Waals surface area contributed by atoms with Crippen LogP contribution in [0.3, 0.4) is 0 Å². The number of thiocarbonyl (C=S) groups is 1. The molecule has 1 unspecified atom stereocenters. The Morgan fingerprint density at radius 2 is 1.21 bits per heavy atom. The highest BCUT2D eigenvalue weighted by molar-refractivity contribution is 7.80. The lowest BCUT2D eigenvalue weighted by Gasteiger charge is -2.39. The van der Waals surface area contributed by atoms with Gasteiger partial charge in [-0.05, 0) is 158 Å². The molecule has 0 saturated carbocycles. The van der Waals surface area contributed by atoms with Crippen LogP contribution in [-0.2, 0) is 77.5 Å².